The Bertz CT molecular complexity index is 475. The van der Waals surface area contributed by atoms with Crippen LogP contribution in [0.5, 0.6) is 5.75 Å². The zero-order valence-electron chi connectivity index (χ0n) is 10.7. The third-order valence-corrected chi connectivity index (χ3v) is 4.39. The molecule has 0 unspecified atom stereocenters. The Morgan fingerprint density at radius 1 is 1.39 bits per heavy atom. The number of rotatable bonds is 4. The summed E-state index contributed by atoms with van der Waals surface area (Å²) in [5.41, 5.74) is 0.699. The van der Waals surface area contributed by atoms with Gasteiger partial charge in [0.1, 0.15) is 5.75 Å². The Labute approximate surface area is 112 Å². The Morgan fingerprint density at radius 2 is 2.11 bits per heavy atom. The summed E-state index contributed by atoms with van der Waals surface area (Å²) in [6.45, 7) is 0. The van der Waals surface area contributed by atoms with E-state index in [0.29, 0.717) is 0 Å². The maximum absolute atomic E-state index is 10.7. The average Bonchev–Trinajstić information content (AvgIpc) is 2.88. The molecular formula is C14H17NO2S. The van der Waals surface area contributed by atoms with Crippen LogP contribution in [0.3, 0.4) is 0 Å². The van der Waals surface area contributed by atoms with Crippen molar-refractivity contribution in [2.45, 2.75) is 36.1 Å². The molecule has 0 amide bonds. The monoisotopic (exact) mass is 263 g/mol. The summed E-state index contributed by atoms with van der Waals surface area (Å²) in [6, 6.07) is 6.11. The number of carbonyl (C=O) groups excluding carboxylic acids is 1. The Hall–Kier alpha value is -1.25. The van der Waals surface area contributed by atoms with Crippen LogP contribution >= 0.6 is 11.8 Å². The first-order valence-electron chi connectivity index (χ1n) is 6.07. The normalized spacial score (nSPS) is 17.2. The van der Waals surface area contributed by atoms with Crippen molar-refractivity contribution in [2.75, 3.05) is 13.4 Å². The molecule has 96 valence electrons. The van der Waals surface area contributed by atoms with Gasteiger partial charge in [-0.25, -0.2) is 4.79 Å². The summed E-state index contributed by atoms with van der Waals surface area (Å²) in [4.78, 5) is 15.9. The van der Waals surface area contributed by atoms with Gasteiger partial charge >= 0.3 is 0 Å². The van der Waals surface area contributed by atoms with E-state index in [9.17, 15) is 4.79 Å². The highest BCUT2D eigenvalue weighted by molar-refractivity contribution is 7.98. The van der Waals surface area contributed by atoms with E-state index in [-0.39, 0.29) is 5.54 Å². The molecule has 0 aromatic heterocycles. The standard InChI is InChI=1S/C14H17NO2S/c1-17-12-9-11(5-6-13(12)18-2)14(15-10-16)7-3-4-8-14/h5-6,9H,3-4,7-8H2,1-2H3. The fourth-order valence-electron chi connectivity index (χ4n) is 2.64. The third-order valence-electron chi connectivity index (χ3n) is 3.61. The summed E-state index contributed by atoms with van der Waals surface area (Å²) in [5, 5.41) is 0. The molecule has 0 spiro atoms. The zero-order valence-corrected chi connectivity index (χ0v) is 11.5. The van der Waals surface area contributed by atoms with E-state index in [1.807, 2.05) is 18.4 Å². The maximum atomic E-state index is 10.7. The van der Waals surface area contributed by atoms with Crippen molar-refractivity contribution in [1.82, 2.24) is 0 Å². The molecule has 0 heterocycles. The average molecular weight is 263 g/mol. The lowest BCUT2D eigenvalue weighted by Gasteiger charge is -2.23. The van der Waals surface area contributed by atoms with Gasteiger partial charge in [-0.2, -0.15) is 4.99 Å². The molecule has 0 N–H and O–H groups in total. The van der Waals surface area contributed by atoms with Crippen molar-refractivity contribution in [3.05, 3.63) is 23.8 Å². The zero-order chi connectivity index (χ0) is 13.0. The predicted molar refractivity (Wildman–Crippen MR) is 73.0 cm³/mol. The van der Waals surface area contributed by atoms with Gasteiger partial charge in [0.2, 0.25) is 6.08 Å². The van der Waals surface area contributed by atoms with E-state index in [1.165, 1.54) is 0 Å². The summed E-state index contributed by atoms with van der Waals surface area (Å²) in [6.07, 6.45) is 7.82. The van der Waals surface area contributed by atoms with Crippen LogP contribution in [-0.4, -0.2) is 19.4 Å². The van der Waals surface area contributed by atoms with E-state index in [2.05, 4.69) is 11.1 Å². The third kappa shape index (κ3) is 2.31. The minimum absolute atomic E-state index is 0.369. The quantitative estimate of drug-likeness (QED) is 0.474. The minimum atomic E-state index is -0.369. The Morgan fingerprint density at radius 3 is 2.67 bits per heavy atom. The predicted octanol–water partition coefficient (Wildman–Crippen LogP) is 3.52. The van der Waals surface area contributed by atoms with Crippen molar-refractivity contribution in [3.8, 4) is 5.75 Å². The highest BCUT2D eigenvalue weighted by Crippen LogP contribution is 2.44. The number of isocyanates is 1. The molecule has 3 nitrogen and oxygen atoms in total. The maximum Gasteiger partial charge on any atom is 0.235 e. The van der Waals surface area contributed by atoms with Gasteiger partial charge in [-0.15, -0.1) is 11.8 Å². The van der Waals surface area contributed by atoms with Crippen molar-refractivity contribution < 1.29 is 9.53 Å². The first kappa shape index (κ1) is 13.2. The summed E-state index contributed by atoms with van der Waals surface area (Å²) >= 11 is 1.65. The largest absolute Gasteiger partial charge is 0.496 e. The molecular weight excluding hydrogens is 246 g/mol. The van der Waals surface area contributed by atoms with Gasteiger partial charge in [-0.05, 0) is 36.8 Å². The fraction of sp³-hybridized carbons (Fsp3) is 0.500. The molecule has 1 aromatic carbocycles. The van der Waals surface area contributed by atoms with E-state index in [4.69, 9.17) is 4.74 Å². The van der Waals surface area contributed by atoms with Crippen LogP contribution in [0.25, 0.3) is 0 Å². The van der Waals surface area contributed by atoms with Crippen LogP contribution in [0.1, 0.15) is 31.2 Å². The number of nitrogens with zero attached hydrogens (tertiary/aromatic N) is 1. The second-order valence-corrected chi connectivity index (χ2v) is 5.36. The van der Waals surface area contributed by atoms with Crippen LogP contribution in [0.2, 0.25) is 0 Å². The number of thioether (sulfide) groups is 1. The highest BCUT2D eigenvalue weighted by Gasteiger charge is 2.36. The van der Waals surface area contributed by atoms with Gasteiger partial charge < -0.3 is 4.74 Å². The molecule has 0 saturated heterocycles. The summed E-state index contributed by atoms with van der Waals surface area (Å²) in [7, 11) is 1.67. The molecule has 1 fully saturated rings. The number of aliphatic imine (C=N–C) groups is 1. The number of methoxy groups -OCH3 is 1. The molecule has 2 rings (SSSR count). The molecule has 0 atom stereocenters. The molecule has 4 heteroatoms. The van der Waals surface area contributed by atoms with Gasteiger partial charge in [-0.3, -0.25) is 0 Å². The van der Waals surface area contributed by atoms with E-state index in [0.717, 1.165) is 41.9 Å². The number of hydrogen-bond donors (Lipinski definition) is 0. The first-order valence-corrected chi connectivity index (χ1v) is 7.30. The van der Waals surface area contributed by atoms with Crippen molar-refractivity contribution in [1.29, 1.82) is 0 Å². The lowest BCUT2D eigenvalue weighted by molar-refractivity contribution is 0.398. The molecule has 18 heavy (non-hydrogen) atoms. The van der Waals surface area contributed by atoms with Crippen LogP contribution in [0.4, 0.5) is 0 Å². The van der Waals surface area contributed by atoms with E-state index in [1.54, 1.807) is 25.0 Å². The van der Waals surface area contributed by atoms with Crippen LogP contribution < -0.4 is 4.74 Å². The van der Waals surface area contributed by atoms with Crippen LogP contribution in [0, 0.1) is 0 Å². The number of benzene rings is 1. The SMILES string of the molecule is COc1cc(C2(N=C=O)CCCC2)ccc1SC. The minimum Gasteiger partial charge on any atom is -0.496 e. The Kier molecular flexibility index (Phi) is 4.10. The molecule has 0 radical (unpaired) electrons. The first-order chi connectivity index (χ1) is 8.75. The smallest absolute Gasteiger partial charge is 0.235 e. The number of hydrogen-bond acceptors (Lipinski definition) is 4. The molecule has 1 aliphatic carbocycles. The van der Waals surface area contributed by atoms with Gasteiger partial charge in [0.25, 0.3) is 0 Å². The molecule has 0 aliphatic heterocycles. The van der Waals surface area contributed by atoms with Gasteiger partial charge in [-0.1, -0.05) is 18.9 Å². The highest BCUT2D eigenvalue weighted by atomic mass is 32.2. The topological polar surface area (TPSA) is 38.7 Å². The van der Waals surface area contributed by atoms with Crippen molar-refractivity contribution in [2.24, 2.45) is 4.99 Å². The van der Waals surface area contributed by atoms with Crippen molar-refractivity contribution in [3.63, 3.8) is 0 Å². The second kappa shape index (κ2) is 5.59. The van der Waals surface area contributed by atoms with Crippen LogP contribution in [0.15, 0.2) is 28.1 Å². The summed E-state index contributed by atoms with van der Waals surface area (Å²) < 4.78 is 5.40. The van der Waals surface area contributed by atoms with Gasteiger partial charge in [0.05, 0.1) is 12.6 Å². The van der Waals surface area contributed by atoms with Gasteiger partial charge in [0, 0.05) is 4.90 Å². The second-order valence-electron chi connectivity index (χ2n) is 4.51. The van der Waals surface area contributed by atoms with E-state index < -0.39 is 0 Å². The number of ether oxygens (including phenoxy) is 1. The Balaban J connectivity index is 2.46. The van der Waals surface area contributed by atoms with Gasteiger partial charge in [0.15, 0.2) is 0 Å². The molecule has 1 saturated carbocycles. The fourth-order valence-corrected chi connectivity index (χ4v) is 3.19. The molecule has 0 bridgehead atoms. The molecule has 1 aromatic rings. The molecule has 1 aliphatic rings. The summed E-state index contributed by atoms with van der Waals surface area (Å²) in [5.74, 6) is 0.854. The van der Waals surface area contributed by atoms with Crippen molar-refractivity contribution >= 4 is 17.8 Å². The lowest BCUT2D eigenvalue weighted by atomic mass is 9.89. The van der Waals surface area contributed by atoms with Crippen LogP contribution in [-0.2, 0) is 10.3 Å². The lowest BCUT2D eigenvalue weighted by Crippen LogP contribution is -2.18. The van der Waals surface area contributed by atoms with E-state index >= 15 is 0 Å².